The molecule has 0 radical (unpaired) electrons. The SMILES string of the molecule is CCNC(=NCC(=O)N1CCCC1)N1CCN(Cc2ccon2)CC1. The Labute approximate surface area is 148 Å². The van der Waals surface area contributed by atoms with Gasteiger partial charge in [0.05, 0.1) is 5.69 Å². The van der Waals surface area contributed by atoms with E-state index in [1.807, 2.05) is 11.0 Å². The molecule has 138 valence electrons. The molecule has 0 bridgehead atoms. The molecule has 3 heterocycles. The van der Waals surface area contributed by atoms with Crippen LogP contribution < -0.4 is 5.32 Å². The number of nitrogens with one attached hydrogen (secondary N) is 1. The van der Waals surface area contributed by atoms with Gasteiger partial charge in [0.2, 0.25) is 5.91 Å². The summed E-state index contributed by atoms with van der Waals surface area (Å²) in [5.74, 6) is 0.980. The number of aliphatic imine (C=N–C) groups is 1. The van der Waals surface area contributed by atoms with Crippen molar-refractivity contribution in [1.29, 1.82) is 0 Å². The van der Waals surface area contributed by atoms with Crippen molar-refractivity contribution in [3.63, 3.8) is 0 Å². The minimum Gasteiger partial charge on any atom is -0.364 e. The fourth-order valence-corrected chi connectivity index (χ4v) is 3.30. The Morgan fingerprint density at radius 2 is 1.96 bits per heavy atom. The van der Waals surface area contributed by atoms with Crippen LogP contribution in [0.2, 0.25) is 0 Å². The molecule has 1 N–H and O–H groups in total. The second kappa shape index (κ2) is 8.84. The largest absolute Gasteiger partial charge is 0.364 e. The zero-order valence-corrected chi connectivity index (χ0v) is 15.0. The van der Waals surface area contributed by atoms with Gasteiger partial charge in [-0.1, -0.05) is 5.16 Å². The average molecular weight is 348 g/mol. The summed E-state index contributed by atoms with van der Waals surface area (Å²) in [6.45, 7) is 9.33. The van der Waals surface area contributed by atoms with Crippen LogP contribution in [0.25, 0.3) is 0 Å². The summed E-state index contributed by atoms with van der Waals surface area (Å²) in [5, 5.41) is 7.29. The lowest BCUT2D eigenvalue weighted by atomic mass is 10.3. The molecule has 0 atom stereocenters. The topological polar surface area (TPSA) is 77.2 Å². The maximum atomic E-state index is 12.2. The molecule has 0 spiro atoms. The van der Waals surface area contributed by atoms with Crippen LogP contribution in [0.5, 0.6) is 0 Å². The van der Waals surface area contributed by atoms with Gasteiger partial charge in [-0.25, -0.2) is 4.99 Å². The Morgan fingerprint density at radius 3 is 2.60 bits per heavy atom. The van der Waals surface area contributed by atoms with E-state index in [-0.39, 0.29) is 12.5 Å². The van der Waals surface area contributed by atoms with Crippen molar-refractivity contribution in [3.8, 4) is 0 Å². The number of piperazine rings is 1. The van der Waals surface area contributed by atoms with Crippen molar-refractivity contribution in [1.82, 2.24) is 25.2 Å². The van der Waals surface area contributed by atoms with Gasteiger partial charge in [0.1, 0.15) is 12.8 Å². The van der Waals surface area contributed by atoms with Crippen LogP contribution >= 0.6 is 0 Å². The third kappa shape index (κ3) is 4.94. The lowest BCUT2D eigenvalue weighted by Gasteiger charge is -2.36. The molecule has 1 aromatic heterocycles. The van der Waals surface area contributed by atoms with Gasteiger partial charge < -0.3 is 19.6 Å². The van der Waals surface area contributed by atoms with E-state index in [1.54, 1.807) is 6.26 Å². The molecule has 0 unspecified atom stereocenters. The molecule has 8 nitrogen and oxygen atoms in total. The van der Waals surface area contributed by atoms with Gasteiger partial charge in [-0.2, -0.15) is 0 Å². The van der Waals surface area contributed by atoms with Crippen LogP contribution in [-0.4, -0.2) is 84.1 Å². The number of carbonyl (C=O) groups excluding carboxylic acids is 1. The zero-order chi connectivity index (χ0) is 17.5. The molecule has 25 heavy (non-hydrogen) atoms. The lowest BCUT2D eigenvalue weighted by Crippen LogP contribution is -2.52. The molecule has 0 saturated carbocycles. The summed E-state index contributed by atoms with van der Waals surface area (Å²) in [7, 11) is 0. The first kappa shape index (κ1) is 17.7. The van der Waals surface area contributed by atoms with Gasteiger partial charge in [-0.3, -0.25) is 9.69 Å². The molecule has 2 aliphatic heterocycles. The van der Waals surface area contributed by atoms with Crippen LogP contribution in [0.3, 0.4) is 0 Å². The van der Waals surface area contributed by atoms with E-state index in [2.05, 4.69) is 32.2 Å². The number of carbonyl (C=O) groups is 1. The molecule has 1 aromatic rings. The number of amides is 1. The Hall–Kier alpha value is -2.09. The fourth-order valence-electron chi connectivity index (χ4n) is 3.30. The van der Waals surface area contributed by atoms with E-state index < -0.39 is 0 Å². The van der Waals surface area contributed by atoms with Crippen molar-refractivity contribution >= 4 is 11.9 Å². The first-order valence-corrected chi connectivity index (χ1v) is 9.19. The zero-order valence-electron chi connectivity index (χ0n) is 15.0. The Bertz CT molecular complexity index is 560. The van der Waals surface area contributed by atoms with E-state index >= 15 is 0 Å². The lowest BCUT2D eigenvalue weighted by molar-refractivity contribution is -0.128. The van der Waals surface area contributed by atoms with Gasteiger partial charge in [0, 0.05) is 58.4 Å². The Balaban J connectivity index is 1.50. The quantitative estimate of drug-likeness (QED) is 0.612. The predicted molar refractivity (Wildman–Crippen MR) is 95.1 cm³/mol. The van der Waals surface area contributed by atoms with Gasteiger partial charge in [-0.15, -0.1) is 0 Å². The standard InChI is InChI=1S/C17H28N6O2/c1-2-18-17(19-13-16(24)22-6-3-4-7-22)23-10-8-21(9-11-23)14-15-5-12-25-20-15/h5,12H,2-4,6-11,13-14H2,1H3,(H,18,19). The Kier molecular flexibility index (Phi) is 6.27. The highest BCUT2D eigenvalue weighted by Gasteiger charge is 2.21. The molecule has 1 amide bonds. The van der Waals surface area contributed by atoms with E-state index in [1.165, 1.54) is 0 Å². The highest BCUT2D eigenvalue weighted by atomic mass is 16.5. The number of nitrogens with zero attached hydrogens (tertiary/aromatic N) is 5. The van der Waals surface area contributed by atoms with E-state index in [9.17, 15) is 4.79 Å². The van der Waals surface area contributed by atoms with E-state index in [0.717, 1.165) is 76.9 Å². The smallest absolute Gasteiger partial charge is 0.244 e. The number of aromatic nitrogens is 1. The number of hydrogen-bond acceptors (Lipinski definition) is 5. The van der Waals surface area contributed by atoms with Gasteiger partial charge in [0.15, 0.2) is 5.96 Å². The summed E-state index contributed by atoms with van der Waals surface area (Å²) in [5.41, 5.74) is 0.963. The normalized spacial score (nSPS) is 19.5. The van der Waals surface area contributed by atoms with E-state index in [0.29, 0.717) is 0 Å². The summed E-state index contributed by atoms with van der Waals surface area (Å²) in [6.07, 6.45) is 3.84. The second-order valence-electron chi connectivity index (χ2n) is 6.51. The number of hydrogen-bond donors (Lipinski definition) is 1. The summed E-state index contributed by atoms with van der Waals surface area (Å²) >= 11 is 0. The maximum Gasteiger partial charge on any atom is 0.244 e. The second-order valence-corrected chi connectivity index (χ2v) is 6.51. The Morgan fingerprint density at radius 1 is 1.20 bits per heavy atom. The summed E-state index contributed by atoms with van der Waals surface area (Å²) in [6, 6.07) is 1.90. The van der Waals surface area contributed by atoms with Crippen LogP contribution in [0.1, 0.15) is 25.5 Å². The molecular formula is C17H28N6O2. The highest BCUT2D eigenvalue weighted by Crippen LogP contribution is 2.09. The number of likely N-dealkylation sites (tertiary alicyclic amines) is 1. The third-order valence-electron chi connectivity index (χ3n) is 4.71. The molecule has 0 aliphatic carbocycles. The van der Waals surface area contributed by atoms with Crippen molar-refractivity contribution in [2.75, 3.05) is 52.4 Å². The highest BCUT2D eigenvalue weighted by molar-refractivity contribution is 5.85. The fraction of sp³-hybridized carbons (Fsp3) is 0.706. The first-order valence-electron chi connectivity index (χ1n) is 9.19. The first-order chi connectivity index (χ1) is 12.3. The average Bonchev–Trinajstić information content (AvgIpc) is 3.33. The minimum absolute atomic E-state index is 0.137. The molecular weight excluding hydrogens is 320 g/mol. The van der Waals surface area contributed by atoms with E-state index in [4.69, 9.17) is 4.52 Å². The van der Waals surface area contributed by atoms with Crippen LogP contribution in [0, 0.1) is 0 Å². The van der Waals surface area contributed by atoms with Crippen molar-refractivity contribution in [2.24, 2.45) is 4.99 Å². The minimum atomic E-state index is 0.137. The van der Waals surface area contributed by atoms with Crippen LogP contribution in [-0.2, 0) is 11.3 Å². The maximum absolute atomic E-state index is 12.2. The monoisotopic (exact) mass is 348 g/mol. The molecule has 8 heteroatoms. The molecule has 3 rings (SSSR count). The van der Waals surface area contributed by atoms with Crippen LogP contribution in [0.4, 0.5) is 0 Å². The third-order valence-corrected chi connectivity index (χ3v) is 4.71. The van der Waals surface area contributed by atoms with Crippen molar-refractivity contribution in [2.45, 2.75) is 26.3 Å². The number of rotatable bonds is 5. The molecule has 2 saturated heterocycles. The van der Waals surface area contributed by atoms with Gasteiger partial charge >= 0.3 is 0 Å². The van der Waals surface area contributed by atoms with Crippen molar-refractivity contribution < 1.29 is 9.32 Å². The molecule has 0 aromatic carbocycles. The van der Waals surface area contributed by atoms with Crippen molar-refractivity contribution in [3.05, 3.63) is 18.0 Å². The summed E-state index contributed by atoms with van der Waals surface area (Å²) < 4.78 is 4.89. The number of guanidine groups is 1. The predicted octanol–water partition coefficient (Wildman–Crippen LogP) is 0.380. The summed E-state index contributed by atoms with van der Waals surface area (Å²) in [4.78, 5) is 23.3. The van der Waals surface area contributed by atoms with Gasteiger partial charge in [0.25, 0.3) is 0 Å². The van der Waals surface area contributed by atoms with Crippen LogP contribution in [0.15, 0.2) is 21.8 Å². The molecule has 2 fully saturated rings. The molecule has 2 aliphatic rings. The van der Waals surface area contributed by atoms with Gasteiger partial charge in [-0.05, 0) is 19.8 Å².